The van der Waals surface area contributed by atoms with Crippen LogP contribution in [0.4, 0.5) is 0 Å². The second-order valence-corrected chi connectivity index (χ2v) is 4.90. The van der Waals surface area contributed by atoms with Gasteiger partial charge in [-0.3, -0.25) is 0 Å². The molecule has 2 aromatic rings. The van der Waals surface area contributed by atoms with Gasteiger partial charge in [-0.15, -0.1) is 0 Å². The van der Waals surface area contributed by atoms with Gasteiger partial charge in [-0.2, -0.15) is 5.26 Å². The van der Waals surface area contributed by atoms with Crippen molar-refractivity contribution in [2.45, 2.75) is 6.92 Å². The van der Waals surface area contributed by atoms with E-state index in [1.807, 2.05) is 37.3 Å². The molecule has 0 aliphatic rings. The summed E-state index contributed by atoms with van der Waals surface area (Å²) in [6, 6.07) is 16.6. The largest absolute Gasteiger partial charge is 0.490 e. The summed E-state index contributed by atoms with van der Waals surface area (Å²) in [6.45, 7) is 2.50. The minimum absolute atomic E-state index is 0.185. The SMILES string of the molecule is Cc1ccc(OCCOC(=O)/C=C/c2ccc(C#N)cc2)cc1. The fourth-order valence-corrected chi connectivity index (χ4v) is 1.82. The van der Waals surface area contributed by atoms with Crippen molar-refractivity contribution in [3.63, 3.8) is 0 Å². The minimum Gasteiger partial charge on any atom is -0.490 e. The smallest absolute Gasteiger partial charge is 0.330 e. The zero-order chi connectivity index (χ0) is 16.5. The van der Waals surface area contributed by atoms with Crippen LogP contribution >= 0.6 is 0 Å². The standard InChI is InChI=1S/C19H17NO3/c1-15-2-9-18(10-3-15)22-12-13-23-19(21)11-8-16-4-6-17(14-20)7-5-16/h2-11H,12-13H2,1H3/b11-8+. The zero-order valence-corrected chi connectivity index (χ0v) is 12.9. The molecule has 116 valence electrons. The number of hydrogen-bond acceptors (Lipinski definition) is 4. The molecule has 0 saturated heterocycles. The molecule has 0 N–H and O–H groups in total. The Hall–Kier alpha value is -3.06. The molecular formula is C19H17NO3. The Bertz CT molecular complexity index is 710. The average molecular weight is 307 g/mol. The quantitative estimate of drug-likeness (QED) is 0.465. The van der Waals surface area contributed by atoms with Crippen molar-refractivity contribution in [1.29, 1.82) is 5.26 Å². The maximum absolute atomic E-state index is 11.6. The number of hydrogen-bond donors (Lipinski definition) is 0. The Morgan fingerprint density at radius 1 is 1.09 bits per heavy atom. The van der Waals surface area contributed by atoms with Crippen molar-refractivity contribution in [3.8, 4) is 11.8 Å². The second-order valence-electron chi connectivity index (χ2n) is 4.90. The van der Waals surface area contributed by atoms with Gasteiger partial charge in [0, 0.05) is 6.08 Å². The average Bonchev–Trinajstić information content (AvgIpc) is 2.59. The Morgan fingerprint density at radius 2 is 1.78 bits per heavy atom. The third-order valence-corrected chi connectivity index (χ3v) is 3.07. The maximum atomic E-state index is 11.6. The van der Waals surface area contributed by atoms with Gasteiger partial charge < -0.3 is 9.47 Å². The molecule has 0 fully saturated rings. The van der Waals surface area contributed by atoms with Gasteiger partial charge in [0.1, 0.15) is 19.0 Å². The molecule has 0 aliphatic heterocycles. The number of nitrogens with zero attached hydrogens (tertiary/aromatic N) is 1. The highest BCUT2D eigenvalue weighted by atomic mass is 16.6. The number of ether oxygens (including phenoxy) is 2. The molecule has 23 heavy (non-hydrogen) atoms. The molecular weight excluding hydrogens is 290 g/mol. The molecule has 0 atom stereocenters. The van der Waals surface area contributed by atoms with E-state index in [1.165, 1.54) is 6.08 Å². The van der Waals surface area contributed by atoms with Crippen molar-refractivity contribution in [3.05, 3.63) is 71.3 Å². The van der Waals surface area contributed by atoms with Crippen molar-refractivity contribution in [2.75, 3.05) is 13.2 Å². The molecule has 0 aromatic heterocycles. The number of aryl methyl sites for hydroxylation is 1. The molecule has 0 saturated carbocycles. The third-order valence-electron chi connectivity index (χ3n) is 3.07. The highest BCUT2D eigenvalue weighted by Gasteiger charge is 1.98. The fraction of sp³-hybridized carbons (Fsp3) is 0.158. The molecule has 0 radical (unpaired) electrons. The van der Waals surface area contributed by atoms with Gasteiger partial charge in [-0.05, 0) is 42.8 Å². The number of benzene rings is 2. The third kappa shape index (κ3) is 5.68. The summed E-state index contributed by atoms with van der Waals surface area (Å²) in [7, 11) is 0. The van der Waals surface area contributed by atoms with E-state index < -0.39 is 5.97 Å². The molecule has 0 amide bonds. The molecule has 4 nitrogen and oxygen atoms in total. The lowest BCUT2D eigenvalue weighted by molar-refractivity contribution is -0.138. The number of carbonyl (C=O) groups is 1. The van der Waals surface area contributed by atoms with Crippen LogP contribution in [-0.4, -0.2) is 19.2 Å². The van der Waals surface area contributed by atoms with Crippen LogP contribution in [0.2, 0.25) is 0 Å². The number of carbonyl (C=O) groups excluding carboxylic acids is 1. The van der Waals surface area contributed by atoms with E-state index in [0.29, 0.717) is 12.2 Å². The molecule has 0 heterocycles. The van der Waals surface area contributed by atoms with E-state index in [2.05, 4.69) is 0 Å². The van der Waals surface area contributed by atoms with Gasteiger partial charge in [0.05, 0.1) is 11.6 Å². The lowest BCUT2D eigenvalue weighted by atomic mass is 10.1. The van der Waals surface area contributed by atoms with Crippen molar-refractivity contribution < 1.29 is 14.3 Å². The highest BCUT2D eigenvalue weighted by molar-refractivity contribution is 5.87. The zero-order valence-electron chi connectivity index (χ0n) is 12.9. The summed E-state index contributed by atoms with van der Waals surface area (Å²) in [5.41, 5.74) is 2.58. The first-order valence-electron chi connectivity index (χ1n) is 7.22. The van der Waals surface area contributed by atoms with Gasteiger partial charge in [-0.25, -0.2) is 4.79 Å². The number of esters is 1. The van der Waals surface area contributed by atoms with Crippen LogP contribution in [0.5, 0.6) is 5.75 Å². The predicted octanol–water partition coefficient (Wildman–Crippen LogP) is 3.50. The first kappa shape index (κ1) is 16.3. The minimum atomic E-state index is -0.429. The maximum Gasteiger partial charge on any atom is 0.330 e. The highest BCUT2D eigenvalue weighted by Crippen LogP contribution is 2.11. The van der Waals surface area contributed by atoms with Crippen LogP contribution in [0, 0.1) is 18.3 Å². The van der Waals surface area contributed by atoms with E-state index in [1.54, 1.807) is 30.3 Å². The summed E-state index contributed by atoms with van der Waals surface area (Å²) in [6.07, 6.45) is 3.00. The molecule has 2 rings (SSSR count). The normalized spacial score (nSPS) is 10.3. The van der Waals surface area contributed by atoms with E-state index in [0.717, 1.165) is 16.9 Å². The summed E-state index contributed by atoms with van der Waals surface area (Å²) >= 11 is 0. The molecule has 0 unspecified atom stereocenters. The lowest BCUT2D eigenvalue weighted by Crippen LogP contribution is -2.10. The van der Waals surface area contributed by atoms with E-state index in [4.69, 9.17) is 14.7 Å². The van der Waals surface area contributed by atoms with Gasteiger partial charge in [0.15, 0.2) is 0 Å². The van der Waals surface area contributed by atoms with Crippen LogP contribution in [0.25, 0.3) is 6.08 Å². The van der Waals surface area contributed by atoms with Crippen molar-refractivity contribution in [1.82, 2.24) is 0 Å². The summed E-state index contributed by atoms with van der Waals surface area (Å²) in [5, 5.41) is 8.71. The Morgan fingerprint density at radius 3 is 2.43 bits per heavy atom. The van der Waals surface area contributed by atoms with Gasteiger partial charge in [-0.1, -0.05) is 29.8 Å². The topological polar surface area (TPSA) is 59.3 Å². The molecule has 4 heteroatoms. The first-order chi connectivity index (χ1) is 11.2. The Labute approximate surface area is 135 Å². The van der Waals surface area contributed by atoms with Crippen LogP contribution < -0.4 is 4.74 Å². The van der Waals surface area contributed by atoms with E-state index in [-0.39, 0.29) is 6.61 Å². The van der Waals surface area contributed by atoms with E-state index >= 15 is 0 Å². The first-order valence-corrected chi connectivity index (χ1v) is 7.22. The van der Waals surface area contributed by atoms with Crippen LogP contribution in [0.3, 0.4) is 0 Å². The van der Waals surface area contributed by atoms with Crippen LogP contribution in [0.15, 0.2) is 54.6 Å². The van der Waals surface area contributed by atoms with Crippen molar-refractivity contribution in [2.24, 2.45) is 0 Å². The predicted molar refractivity (Wildman–Crippen MR) is 87.8 cm³/mol. The second kappa shape index (κ2) is 8.40. The lowest BCUT2D eigenvalue weighted by Gasteiger charge is -2.06. The van der Waals surface area contributed by atoms with E-state index in [9.17, 15) is 4.79 Å². The summed E-state index contributed by atoms with van der Waals surface area (Å²) in [4.78, 5) is 11.6. The van der Waals surface area contributed by atoms with Crippen LogP contribution in [0.1, 0.15) is 16.7 Å². The number of rotatable bonds is 6. The summed E-state index contributed by atoms with van der Waals surface area (Å²) in [5.74, 6) is 0.321. The van der Waals surface area contributed by atoms with Gasteiger partial charge >= 0.3 is 5.97 Å². The fourth-order valence-electron chi connectivity index (χ4n) is 1.82. The van der Waals surface area contributed by atoms with Crippen LogP contribution in [-0.2, 0) is 9.53 Å². The van der Waals surface area contributed by atoms with Gasteiger partial charge in [0.25, 0.3) is 0 Å². The van der Waals surface area contributed by atoms with Crippen molar-refractivity contribution >= 4 is 12.0 Å². The van der Waals surface area contributed by atoms with Gasteiger partial charge in [0.2, 0.25) is 0 Å². The monoisotopic (exact) mass is 307 g/mol. The molecule has 0 aliphatic carbocycles. The summed E-state index contributed by atoms with van der Waals surface area (Å²) < 4.78 is 10.5. The Kier molecular flexibility index (Phi) is 5.96. The molecule has 0 spiro atoms. The molecule has 0 bridgehead atoms. The molecule has 2 aromatic carbocycles. The number of nitriles is 1. The Balaban J connectivity index is 1.71.